The fraction of sp³-hybridized carbons (Fsp3) is 0.917. The lowest BCUT2D eigenvalue weighted by Crippen LogP contribution is -2.41. The first-order valence-corrected chi connectivity index (χ1v) is 6.09. The summed E-state index contributed by atoms with van der Waals surface area (Å²) in [4.78, 5) is 13.5. The lowest BCUT2D eigenvalue weighted by atomic mass is 10.2. The molecule has 2 atom stereocenters. The van der Waals surface area contributed by atoms with Gasteiger partial charge in [-0.05, 0) is 34.1 Å². The molecule has 100 valence electrons. The van der Waals surface area contributed by atoms with E-state index in [1.54, 1.807) is 4.90 Å². The summed E-state index contributed by atoms with van der Waals surface area (Å²) in [5.74, 6) is 0. The molecule has 1 aliphatic heterocycles. The molecule has 5 heteroatoms. The van der Waals surface area contributed by atoms with E-state index in [2.05, 4.69) is 0 Å². The van der Waals surface area contributed by atoms with Crippen LogP contribution in [0, 0.1) is 0 Å². The van der Waals surface area contributed by atoms with Gasteiger partial charge in [0.2, 0.25) is 0 Å². The Morgan fingerprint density at radius 3 is 2.59 bits per heavy atom. The van der Waals surface area contributed by atoms with E-state index in [9.17, 15) is 9.90 Å². The lowest BCUT2D eigenvalue weighted by Gasteiger charge is -2.27. The van der Waals surface area contributed by atoms with Gasteiger partial charge < -0.3 is 19.5 Å². The normalized spacial score (nSPS) is 25.1. The van der Waals surface area contributed by atoms with E-state index < -0.39 is 5.60 Å². The van der Waals surface area contributed by atoms with Crippen molar-refractivity contribution in [2.75, 3.05) is 19.8 Å². The number of rotatable bonds is 3. The Morgan fingerprint density at radius 1 is 1.47 bits per heavy atom. The standard InChI is InChI=1S/C12H23NO4/c1-5-16-10-6-9(8-14)13(7-10)11(15)17-12(2,3)4/h9-10,14H,5-8H2,1-4H3/t9-,10-/m0/s1. The van der Waals surface area contributed by atoms with Gasteiger partial charge in [0.05, 0.1) is 25.3 Å². The molecule has 17 heavy (non-hydrogen) atoms. The first-order valence-electron chi connectivity index (χ1n) is 6.09. The molecule has 1 heterocycles. The molecule has 1 rings (SSSR count). The summed E-state index contributed by atoms with van der Waals surface area (Å²) in [6.07, 6.45) is 0.298. The molecule has 0 aromatic heterocycles. The fourth-order valence-electron chi connectivity index (χ4n) is 1.95. The summed E-state index contributed by atoms with van der Waals surface area (Å²) in [5, 5.41) is 9.26. The number of hydrogen-bond acceptors (Lipinski definition) is 4. The second-order valence-electron chi connectivity index (χ2n) is 5.28. The summed E-state index contributed by atoms with van der Waals surface area (Å²) < 4.78 is 10.8. The number of hydrogen-bond donors (Lipinski definition) is 1. The Hall–Kier alpha value is -0.810. The molecule has 0 saturated carbocycles. The first kappa shape index (κ1) is 14.3. The van der Waals surface area contributed by atoms with Gasteiger partial charge in [-0.2, -0.15) is 0 Å². The third-order valence-corrected chi connectivity index (χ3v) is 2.62. The molecular formula is C12H23NO4. The smallest absolute Gasteiger partial charge is 0.410 e. The molecular weight excluding hydrogens is 222 g/mol. The summed E-state index contributed by atoms with van der Waals surface area (Å²) in [5.41, 5.74) is -0.513. The molecule has 1 amide bonds. The van der Waals surface area contributed by atoms with E-state index in [1.165, 1.54) is 0 Å². The molecule has 0 radical (unpaired) electrons. The molecule has 5 nitrogen and oxygen atoms in total. The van der Waals surface area contributed by atoms with E-state index in [1.807, 2.05) is 27.7 Å². The zero-order valence-corrected chi connectivity index (χ0v) is 11.1. The van der Waals surface area contributed by atoms with E-state index in [-0.39, 0.29) is 24.8 Å². The Bertz CT molecular complexity index is 262. The van der Waals surface area contributed by atoms with Crippen LogP contribution in [0.4, 0.5) is 4.79 Å². The molecule has 0 spiro atoms. The highest BCUT2D eigenvalue weighted by molar-refractivity contribution is 5.69. The maximum Gasteiger partial charge on any atom is 0.410 e. The van der Waals surface area contributed by atoms with Crippen LogP contribution in [0.1, 0.15) is 34.1 Å². The molecule has 0 bridgehead atoms. The van der Waals surface area contributed by atoms with Crippen molar-refractivity contribution in [2.24, 2.45) is 0 Å². The number of amides is 1. The second kappa shape index (κ2) is 5.69. The van der Waals surface area contributed by atoms with Crippen molar-refractivity contribution in [3.8, 4) is 0 Å². The van der Waals surface area contributed by atoms with Crippen molar-refractivity contribution in [2.45, 2.75) is 51.9 Å². The van der Waals surface area contributed by atoms with Crippen LogP contribution in [-0.2, 0) is 9.47 Å². The SMILES string of the molecule is CCO[C@H]1C[C@@H](CO)N(C(=O)OC(C)(C)C)C1. The lowest BCUT2D eigenvalue weighted by molar-refractivity contribution is 0.0140. The zero-order chi connectivity index (χ0) is 13.1. The van der Waals surface area contributed by atoms with Gasteiger partial charge in [0.25, 0.3) is 0 Å². The molecule has 0 aromatic rings. The van der Waals surface area contributed by atoms with Crippen LogP contribution < -0.4 is 0 Å². The Balaban J connectivity index is 2.59. The predicted molar refractivity (Wildman–Crippen MR) is 63.8 cm³/mol. The zero-order valence-electron chi connectivity index (χ0n) is 11.1. The van der Waals surface area contributed by atoms with Crippen LogP contribution >= 0.6 is 0 Å². The summed E-state index contributed by atoms with van der Waals surface area (Å²) in [6, 6.07) is -0.193. The molecule has 0 unspecified atom stereocenters. The maximum atomic E-state index is 11.9. The van der Waals surface area contributed by atoms with Crippen molar-refractivity contribution in [3.63, 3.8) is 0 Å². The van der Waals surface area contributed by atoms with Gasteiger partial charge in [0.1, 0.15) is 5.60 Å². The van der Waals surface area contributed by atoms with Gasteiger partial charge in [-0.1, -0.05) is 0 Å². The first-order chi connectivity index (χ1) is 7.87. The van der Waals surface area contributed by atoms with E-state index >= 15 is 0 Å². The third kappa shape index (κ3) is 4.16. The maximum absolute atomic E-state index is 11.9. The van der Waals surface area contributed by atoms with Gasteiger partial charge >= 0.3 is 6.09 Å². The van der Waals surface area contributed by atoms with Crippen LogP contribution in [0.2, 0.25) is 0 Å². The van der Waals surface area contributed by atoms with Gasteiger partial charge in [-0.15, -0.1) is 0 Å². The molecule has 1 fully saturated rings. The van der Waals surface area contributed by atoms with Crippen LogP contribution in [0.3, 0.4) is 0 Å². The average Bonchev–Trinajstić information content (AvgIpc) is 2.59. The van der Waals surface area contributed by atoms with Crippen LogP contribution in [0.5, 0.6) is 0 Å². The number of aliphatic hydroxyl groups is 1. The van der Waals surface area contributed by atoms with Crippen LogP contribution in [0.25, 0.3) is 0 Å². The molecule has 1 aliphatic rings. The average molecular weight is 245 g/mol. The number of aliphatic hydroxyl groups excluding tert-OH is 1. The Kier molecular flexibility index (Phi) is 4.77. The Morgan fingerprint density at radius 2 is 2.12 bits per heavy atom. The van der Waals surface area contributed by atoms with Crippen molar-refractivity contribution in [1.82, 2.24) is 4.90 Å². The third-order valence-electron chi connectivity index (χ3n) is 2.62. The van der Waals surface area contributed by atoms with Gasteiger partial charge in [0.15, 0.2) is 0 Å². The molecule has 0 aromatic carbocycles. The Labute approximate surface area is 103 Å². The van der Waals surface area contributed by atoms with Crippen molar-refractivity contribution < 1.29 is 19.4 Å². The topological polar surface area (TPSA) is 59.0 Å². The number of carbonyl (C=O) groups excluding carboxylic acids is 1. The summed E-state index contributed by atoms with van der Waals surface area (Å²) >= 11 is 0. The molecule has 1 saturated heterocycles. The van der Waals surface area contributed by atoms with Crippen molar-refractivity contribution in [3.05, 3.63) is 0 Å². The quantitative estimate of drug-likeness (QED) is 0.816. The predicted octanol–water partition coefficient (Wildman–Crippen LogP) is 1.39. The monoisotopic (exact) mass is 245 g/mol. The van der Waals surface area contributed by atoms with Gasteiger partial charge in [-0.3, -0.25) is 0 Å². The highest BCUT2D eigenvalue weighted by Gasteiger charge is 2.37. The highest BCUT2D eigenvalue weighted by Crippen LogP contribution is 2.22. The largest absolute Gasteiger partial charge is 0.444 e. The summed E-state index contributed by atoms with van der Waals surface area (Å²) in [7, 11) is 0. The van der Waals surface area contributed by atoms with E-state index in [0.717, 1.165) is 0 Å². The van der Waals surface area contributed by atoms with Gasteiger partial charge in [-0.25, -0.2) is 4.79 Å². The minimum atomic E-state index is -0.513. The minimum Gasteiger partial charge on any atom is -0.444 e. The van der Waals surface area contributed by atoms with Gasteiger partial charge in [0, 0.05) is 6.61 Å². The number of ether oxygens (including phenoxy) is 2. The number of likely N-dealkylation sites (tertiary alicyclic amines) is 1. The van der Waals surface area contributed by atoms with Crippen LogP contribution in [0.15, 0.2) is 0 Å². The van der Waals surface area contributed by atoms with E-state index in [0.29, 0.717) is 19.6 Å². The van der Waals surface area contributed by atoms with Crippen molar-refractivity contribution in [1.29, 1.82) is 0 Å². The number of nitrogens with zero attached hydrogens (tertiary/aromatic N) is 1. The highest BCUT2D eigenvalue weighted by atomic mass is 16.6. The molecule has 0 aliphatic carbocycles. The second-order valence-corrected chi connectivity index (χ2v) is 5.28. The van der Waals surface area contributed by atoms with Crippen LogP contribution in [-0.4, -0.2) is 53.6 Å². The fourth-order valence-corrected chi connectivity index (χ4v) is 1.95. The molecule has 1 N–H and O–H groups in total. The summed E-state index contributed by atoms with van der Waals surface area (Å²) in [6.45, 7) is 8.46. The minimum absolute atomic E-state index is 0.00432. The van der Waals surface area contributed by atoms with E-state index in [4.69, 9.17) is 9.47 Å². The van der Waals surface area contributed by atoms with Crippen molar-refractivity contribution >= 4 is 6.09 Å². The number of carbonyl (C=O) groups is 1.